The molecule has 0 aliphatic carbocycles. The van der Waals surface area contributed by atoms with Gasteiger partial charge < -0.3 is 10.4 Å². The van der Waals surface area contributed by atoms with Crippen molar-refractivity contribution in [2.45, 2.75) is 26.8 Å². The van der Waals surface area contributed by atoms with Crippen molar-refractivity contribution < 1.29 is 9.90 Å². The summed E-state index contributed by atoms with van der Waals surface area (Å²) in [5.74, 6) is -0.854. The average molecular weight is 239 g/mol. The fourth-order valence-corrected chi connectivity index (χ4v) is 2.28. The number of carboxylic acid groups (broad SMARTS) is 1. The van der Waals surface area contributed by atoms with E-state index in [0.29, 0.717) is 12.1 Å². The van der Waals surface area contributed by atoms with Gasteiger partial charge in [0.25, 0.3) is 0 Å². The van der Waals surface area contributed by atoms with Gasteiger partial charge in [-0.05, 0) is 30.4 Å². The van der Waals surface area contributed by atoms with E-state index in [2.05, 4.69) is 23.7 Å². The molecule has 0 fully saturated rings. The normalized spacial score (nSPS) is 11.8. The summed E-state index contributed by atoms with van der Waals surface area (Å²) in [5, 5.41) is 14.0. The molecule has 88 valence electrons. The second kappa shape index (κ2) is 6.45. The smallest absolute Gasteiger partial charge is 0.330 e. The highest BCUT2D eigenvalue weighted by Crippen LogP contribution is 2.16. The topological polar surface area (TPSA) is 49.3 Å². The second-order valence-corrected chi connectivity index (χ2v) is 4.55. The largest absolute Gasteiger partial charge is 0.478 e. The number of thiophene rings is 1. The average Bonchev–Trinajstić information content (AvgIpc) is 2.71. The fraction of sp³-hybridized carbons (Fsp3) is 0.417. The van der Waals surface area contributed by atoms with Crippen molar-refractivity contribution in [1.82, 2.24) is 5.32 Å². The Bertz CT molecular complexity index is 382. The Morgan fingerprint density at radius 2 is 2.38 bits per heavy atom. The molecule has 0 atom stereocenters. The molecule has 0 bridgehead atoms. The van der Waals surface area contributed by atoms with Crippen molar-refractivity contribution in [3.05, 3.63) is 33.5 Å². The minimum atomic E-state index is -0.854. The fourth-order valence-electron chi connectivity index (χ4n) is 1.34. The van der Waals surface area contributed by atoms with E-state index in [9.17, 15) is 4.79 Å². The van der Waals surface area contributed by atoms with Crippen LogP contribution in [0, 0.1) is 0 Å². The van der Waals surface area contributed by atoms with Gasteiger partial charge in [-0.1, -0.05) is 13.0 Å². The number of nitrogens with one attached hydrogen (secondary N) is 1. The van der Waals surface area contributed by atoms with Crippen molar-refractivity contribution in [3.63, 3.8) is 0 Å². The van der Waals surface area contributed by atoms with E-state index in [-0.39, 0.29) is 0 Å². The van der Waals surface area contributed by atoms with Crippen LogP contribution >= 0.6 is 11.3 Å². The highest BCUT2D eigenvalue weighted by Gasteiger charge is 2.01. The molecule has 3 nitrogen and oxygen atoms in total. The molecule has 0 aliphatic rings. The van der Waals surface area contributed by atoms with Gasteiger partial charge in [0.05, 0.1) is 0 Å². The van der Waals surface area contributed by atoms with E-state index in [1.54, 1.807) is 24.3 Å². The molecule has 0 amide bonds. The number of carbonyl (C=O) groups is 1. The minimum Gasteiger partial charge on any atom is -0.478 e. The van der Waals surface area contributed by atoms with Crippen LogP contribution in [0.15, 0.2) is 23.1 Å². The van der Waals surface area contributed by atoms with E-state index in [0.717, 1.165) is 13.0 Å². The molecule has 0 spiro atoms. The first kappa shape index (κ1) is 12.9. The molecule has 0 aliphatic heterocycles. The van der Waals surface area contributed by atoms with Crippen LogP contribution in [0.25, 0.3) is 0 Å². The molecule has 2 N–H and O–H groups in total. The molecule has 0 unspecified atom stereocenters. The van der Waals surface area contributed by atoms with Gasteiger partial charge in [0, 0.05) is 23.5 Å². The number of aliphatic carboxylic acids is 1. The maximum absolute atomic E-state index is 10.5. The van der Waals surface area contributed by atoms with E-state index in [1.807, 2.05) is 0 Å². The van der Waals surface area contributed by atoms with Crippen LogP contribution in [0.3, 0.4) is 0 Å². The van der Waals surface area contributed by atoms with Crippen LogP contribution in [0.4, 0.5) is 0 Å². The summed E-state index contributed by atoms with van der Waals surface area (Å²) in [7, 11) is 0. The molecular formula is C12H17NO2S. The molecule has 0 radical (unpaired) electrons. The Labute approximate surface area is 99.8 Å². The van der Waals surface area contributed by atoms with Crippen molar-refractivity contribution in [1.29, 1.82) is 0 Å². The zero-order chi connectivity index (χ0) is 12.0. The van der Waals surface area contributed by atoms with Crippen LogP contribution < -0.4 is 5.32 Å². The predicted molar refractivity (Wildman–Crippen MR) is 66.8 cm³/mol. The highest BCUT2D eigenvalue weighted by atomic mass is 32.1. The minimum absolute atomic E-state index is 0.384. The first-order valence-corrected chi connectivity index (χ1v) is 6.19. The summed E-state index contributed by atoms with van der Waals surface area (Å²) >= 11 is 1.74. The SMILES string of the molecule is CCc1ccsc1CNC/C=C(/C)C(=O)O. The van der Waals surface area contributed by atoms with E-state index in [1.165, 1.54) is 10.4 Å². The van der Waals surface area contributed by atoms with Gasteiger partial charge in [0.2, 0.25) is 0 Å². The Morgan fingerprint density at radius 1 is 1.62 bits per heavy atom. The summed E-state index contributed by atoms with van der Waals surface area (Å²) < 4.78 is 0. The van der Waals surface area contributed by atoms with Crippen molar-refractivity contribution >= 4 is 17.3 Å². The number of rotatable bonds is 6. The quantitative estimate of drug-likeness (QED) is 0.592. The summed E-state index contributed by atoms with van der Waals surface area (Å²) in [4.78, 5) is 11.9. The molecule has 4 heteroatoms. The molecule has 16 heavy (non-hydrogen) atoms. The maximum atomic E-state index is 10.5. The molecular weight excluding hydrogens is 222 g/mol. The van der Waals surface area contributed by atoms with Crippen LogP contribution in [0.2, 0.25) is 0 Å². The zero-order valence-corrected chi connectivity index (χ0v) is 10.4. The molecule has 1 rings (SSSR count). The summed E-state index contributed by atoms with van der Waals surface area (Å²) in [6.07, 6.45) is 2.74. The monoisotopic (exact) mass is 239 g/mol. The summed E-state index contributed by atoms with van der Waals surface area (Å²) in [5.41, 5.74) is 1.76. The number of carboxylic acids is 1. The first-order valence-electron chi connectivity index (χ1n) is 5.31. The lowest BCUT2D eigenvalue weighted by molar-refractivity contribution is -0.132. The number of aryl methyl sites for hydroxylation is 1. The Hall–Kier alpha value is -1.13. The molecule has 0 saturated carbocycles. The summed E-state index contributed by atoms with van der Waals surface area (Å²) in [6, 6.07) is 2.14. The van der Waals surface area contributed by atoms with Crippen LogP contribution in [-0.2, 0) is 17.8 Å². The Kier molecular flexibility index (Phi) is 5.22. The second-order valence-electron chi connectivity index (χ2n) is 3.55. The first-order chi connectivity index (χ1) is 7.65. The van der Waals surface area contributed by atoms with Crippen molar-refractivity contribution in [3.8, 4) is 0 Å². The van der Waals surface area contributed by atoms with Gasteiger partial charge in [-0.25, -0.2) is 4.79 Å². The van der Waals surface area contributed by atoms with E-state index in [4.69, 9.17) is 5.11 Å². The predicted octanol–water partition coefficient (Wildman–Crippen LogP) is 2.43. The molecule has 1 heterocycles. The van der Waals surface area contributed by atoms with Gasteiger partial charge in [-0.3, -0.25) is 0 Å². The summed E-state index contributed by atoms with van der Waals surface area (Å²) in [6.45, 7) is 5.15. The van der Waals surface area contributed by atoms with Crippen molar-refractivity contribution in [2.24, 2.45) is 0 Å². The van der Waals surface area contributed by atoms with Crippen LogP contribution in [0.5, 0.6) is 0 Å². The third-order valence-corrected chi connectivity index (χ3v) is 3.36. The standard InChI is InChI=1S/C12H17NO2S/c1-3-10-5-7-16-11(10)8-13-6-4-9(2)12(14)15/h4-5,7,13H,3,6,8H2,1-2H3,(H,14,15)/b9-4-. The van der Waals surface area contributed by atoms with Crippen LogP contribution in [-0.4, -0.2) is 17.6 Å². The Balaban J connectivity index is 2.36. The molecule has 0 saturated heterocycles. The lowest BCUT2D eigenvalue weighted by Gasteiger charge is -2.02. The third kappa shape index (κ3) is 3.79. The zero-order valence-electron chi connectivity index (χ0n) is 9.62. The molecule has 1 aromatic heterocycles. The lowest BCUT2D eigenvalue weighted by atomic mass is 10.2. The van der Waals surface area contributed by atoms with E-state index < -0.39 is 5.97 Å². The molecule has 1 aromatic rings. The van der Waals surface area contributed by atoms with Gasteiger partial charge in [-0.2, -0.15) is 0 Å². The van der Waals surface area contributed by atoms with Crippen LogP contribution in [0.1, 0.15) is 24.3 Å². The Morgan fingerprint density at radius 3 is 3.00 bits per heavy atom. The number of hydrogen-bond donors (Lipinski definition) is 2. The van der Waals surface area contributed by atoms with E-state index >= 15 is 0 Å². The van der Waals surface area contributed by atoms with Gasteiger partial charge in [-0.15, -0.1) is 11.3 Å². The van der Waals surface area contributed by atoms with Gasteiger partial charge in [0.1, 0.15) is 0 Å². The molecule has 0 aromatic carbocycles. The van der Waals surface area contributed by atoms with Gasteiger partial charge >= 0.3 is 5.97 Å². The lowest BCUT2D eigenvalue weighted by Crippen LogP contribution is -2.14. The van der Waals surface area contributed by atoms with Crippen molar-refractivity contribution in [2.75, 3.05) is 6.54 Å². The third-order valence-electron chi connectivity index (χ3n) is 2.39. The van der Waals surface area contributed by atoms with Gasteiger partial charge in [0.15, 0.2) is 0 Å². The number of hydrogen-bond acceptors (Lipinski definition) is 3. The maximum Gasteiger partial charge on any atom is 0.330 e. The highest BCUT2D eigenvalue weighted by molar-refractivity contribution is 7.10.